The van der Waals surface area contributed by atoms with E-state index in [2.05, 4.69) is 33.6 Å². The third kappa shape index (κ3) is 8.77. The molecule has 14 nitrogen and oxygen atoms in total. The first kappa shape index (κ1) is 30.1. The van der Waals surface area contributed by atoms with Gasteiger partial charge in [0.2, 0.25) is 23.6 Å². The van der Waals surface area contributed by atoms with Crippen molar-refractivity contribution in [2.24, 2.45) is 11.5 Å². The largest absolute Gasteiger partial charge is 0.481 e. The van der Waals surface area contributed by atoms with Crippen molar-refractivity contribution in [2.75, 3.05) is 5.75 Å². The van der Waals surface area contributed by atoms with Crippen LogP contribution in [0.15, 0.2) is 30.5 Å². The van der Waals surface area contributed by atoms with Crippen LogP contribution in [0.2, 0.25) is 0 Å². The van der Waals surface area contributed by atoms with E-state index < -0.39 is 72.6 Å². The number of amides is 4. The molecule has 1 aromatic carbocycles. The van der Waals surface area contributed by atoms with E-state index in [9.17, 15) is 33.9 Å². The molecular formula is C23H30N6O8S. The van der Waals surface area contributed by atoms with Crippen LogP contribution in [-0.4, -0.2) is 80.7 Å². The normalized spacial score (nSPS) is 14.1. The Bertz CT molecular complexity index is 1200. The second-order valence-electron chi connectivity index (χ2n) is 8.48. The second-order valence-corrected chi connectivity index (χ2v) is 8.84. The van der Waals surface area contributed by atoms with E-state index in [0.717, 1.165) is 10.9 Å². The molecule has 0 bridgehead atoms. The van der Waals surface area contributed by atoms with Gasteiger partial charge in [-0.3, -0.25) is 24.0 Å². The van der Waals surface area contributed by atoms with E-state index in [1.165, 1.54) is 0 Å². The van der Waals surface area contributed by atoms with Crippen LogP contribution >= 0.6 is 12.6 Å². The number of para-hydroxylation sites is 1. The Balaban J connectivity index is 2.26. The molecule has 38 heavy (non-hydrogen) atoms. The molecule has 10 N–H and O–H groups in total. The van der Waals surface area contributed by atoms with Crippen molar-refractivity contribution in [3.8, 4) is 0 Å². The number of nitrogens with two attached hydrogens (primary N) is 2. The number of rotatable bonds is 15. The van der Waals surface area contributed by atoms with Crippen LogP contribution in [0.3, 0.4) is 0 Å². The SMILES string of the molecule is NC(=O)CC(N)C(=O)NC(CS)C(=O)NC(Cc1c[nH]c2ccccc12)C(=O)NC(CCC(=O)O)C(=O)O. The van der Waals surface area contributed by atoms with Gasteiger partial charge in [0.25, 0.3) is 0 Å². The third-order valence-electron chi connectivity index (χ3n) is 5.57. The van der Waals surface area contributed by atoms with Crippen LogP contribution in [0.25, 0.3) is 10.9 Å². The van der Waals surface area contributed by atoms with Crippen molar-refractivity contribution in [3.05, 3.63) is 36.0 Å². The maximum absolute atomic E-state index is 13.1. The number of nitrogens with one attached hydrogen (secondary N) is 4. The molecule has 0 aliphatic heterocycles. The Morgan fingerprint density at radius 1 is 0.921 bits per heavy atom. The predicted octanol–water partition coefficient (Wildman–Crippen LogP) is -1.75. The molecule has 0 spiro atoms. The molecule has 1 heterocycles. The molecule has 1 aromatic heterocycles. The van der Waals surface area contributed by atoms with Crippen LogP contribution < -0.4 is 27.4 Å². The van der Waals surface area contributed by atoms with Crippen molar-refractivity contribution in [3.63, 3.8) is 0 Å². The fourth-order valence-electron chi connectivity index (χ4n) is 3.58. The highest BCUT2D eigenvalue weighted by Gasteiger charge is 2.31. The molecule has 4 atom stereocenters. The van der Waals surface area contributed by atoms with Gasteiger partial charge in [0.05, 0.1) is 12.5 Å². The highest BCUT2D eigenvalue weighted by molar-refractivity contribution is 7.80. The lowest BCUT2D eigenvalue weighted by Crippen LogP contribution is -2.58. The number of carbonyl (C=O) groups is 6. The summed E-state index contributed by atoms with van der Waals surface area (Å²) in [4.78, 5) is 75.0. The van der Waals surface area contributed by atoms with Gasteiger partial charge in [0.1, 0.15) is 18.1 Å². The van der Waals surface area contributed by atoms with Gasteiger partial charge in [0.15, 0.2) is 0 Å². The van der Waals surface area contributed by atoms with Crippen LogP contribution in [0, 0.1) is 0 Å². The zero-order valence-electron chi connectivity index (χ0n) is 20.2. The van der Waals surface area contributed by atoms with Crippen LogP contribution in [0.4, 0.5) is 0 Å². The number of H-pyrrole nitrogens is 1. The molecular weight excluding hydrogens is 520 g/mol. The molecule has 0 aliphatic rings. The number of aliphatic carboxylic acids is 2. The Morgan fingerprint density at radius 2 is 1.53 bits per heavy atom. The average Bonchev–Trinajstić information content (AvgIpc) is 3.26. The van der Waals surface area contributed by atoms with Crippen LogP contribution in [-0.2, 0) is 35.2 Å². The van der Waals surface area contributed by atoms with Crippen molar-refractivity contribution < 1.29 is 39.0 Å². The standard InChI is InChI=1S/C23H30N6O8S/c24-13(8-18(25)30)20(33)29-17(10-38)22(35)28-16(7-11-9-26-14-4-2-1-3-12(11)14)21(34)27-15(23(36)37)5-6-19(31)32/h1-4,9,13,15-17,26,38H,5-8,10,24H2,(H2,25,30)(H,27,34)(H,28,35)(H,29,33)(H,31,32)(H,36,37). The summed E-state index contributed by atoms with van der Waals surface area (Å²) in [5.74, 6) is -6.23. The lowest BCUT2D eigenvalue weighted by molar-refractivity contribution is -0.143. The molecule has 0 saturated heterocycles. The molecule has 2 aromatic rings. The average molecular weight is 551 g/mol. The molecule has 15 heteroatoms. The Kier molecular flexibility index (Phi) is 11.1. The molecule has 206 valence electrons. The third-order valence-corrected chi connectivity index (χ3v) is 5.93. The number of carboxylic acid groups (broad SMARTS) is 2. The van der Waals surface area contributed by atoms with Crippen molar-refractivity contribution in [1.29, 1.82) is 0 Å². The quantitative estimate of drug-likeness (QED) is 0.114. The first-order valence-corrected chi connectivity index (χ1v) is 12.1. The fraction of sp³-hybridized carbons (Fsp3) is 0.391. The number of aromatic nitrogens is 1. The minimum atomic E-state index is -1.52. The van der Waals surface area contributed by atoms with E-state index in [0.29, 0.717) is 5.56 Å². The Labute approximate surface area is 222 Å². The minimum absolute atomic E-state index is 0.0682. The van der Waals surface area contributed by atoms with Crippen molar-refractivity contribution in [2.45, 2.75) is 49.9 Å². The fourth-order valence-corrected chi connectivity index (χ4v) is 3.84. The summed E-state index contributed by atoms with van der Waals surface area (Å²) in [6, 6.07) is 1.78. The molecule has 4 unspecified atom stereocenters. The van der Waals surface area contributed by atoms with Crippen LogP contribution in [0.5, 0.6) is 0 Å². The van der Waals surface area contributed by atoms with Gasteiger partial charge >= 0.3 is 11.9 Å². The van der Waals surface area contributed by atoms with Gasteiger partial charge in [-0.1, -0.05) is 18.2 Å². The lowest BCUT2D eigenvalue weighted by atomic mass is 10.0. The Hall–Kier alpha value is -4.11. The summed E-state index contributed by atoms with van der Waals surface area (Å²) in [5.41, 5.74) is 12.1. The number of fused-ring (bicyclic) bond motifs is 1. The van der Waals surface area contributed by atoms with Crippen LogP contribution in [0.1, 0.15) is 24.8 Å². The number of primary amides is 1. The zero-order valence-corrected chi connectivity index (χ0v) is 21.1. The van der Waals surface area contributed by atoms with Gasteiger partial charge in [0, 0.05) is 35.7 Å². The first-order chi connectivity index (χ1) is 17.9. The monoisotopic (exact) mass is 550 g/mol. The van der Waals surface area contributed by atoms with Gasteiger partial charge < -0.3 is 42.6 Å². The maximum Gasteiger partial charge on any atom is 0.326 e. The van der Waals surface area contributed by atoms with Gasteiger partial charge in [-0.25, -0.2) is 4.79 Å². The predicted molar refractivity (Wildman–Crippen MR) is 138 cm³/mol. The van der Waals surface area contributed by atoms with Crippen molar-refractivity contribution in [1.82, 2.24) is 20.9 Å². The highest BCUT2D eigenvalue weighted by atomic mass is 32.1. The summed E-state index contributed by atoms with van der Waals surface area (Å²) in [6.07, 6.45) is 0.233. The summed E-state index contributed by atoms with van der Waals surface area (Å²) in [5, 5.41) is 26.2. The van der Waals surface area contributed by atoms with Crippen molar-refractivity contribution >= 4 is 59.1 Å². The number of carbonyl (C=O) groups excluding carboxylic acids is 4. The van der Waals surface area contributed by atoms with E-state index in [-0.39, 0.29) is 18.6 Å². The lowest BCUT2D eigenvalue weighted by Gasteiger charge is -2.24. The zero-order chi connectivity index (χ0) is 28.4. The summed E-state index contributed by atoms with van der Waals surface area (Å²) in [6.45, 7) is 0. The molecule has 0 fully saturated rings. The summed E-state index contributed by atoms with van der Waals surface area (Å²) in [7, 11) is 0. The summed E-state index contributed by atoms with van der Waals surface area (Å²) >= 11 is 4.06. The minimum Gasteiger partial charge on any atom is -0.481 e. The second kappa shape index (κ2) is 14.0. The summed E-state index contributed by atoms with van der Waals surface area (Å²) < 4.78 is 0. The number of thiol groups is 1. The smallest absolute Gasteiger partial charge is 0.326 e. The first-order valence-electron chi connectivity index (χ1n) is 11.5. The number of hydrogen-bond acceptors (Lipinski definition) is 8. The van der Waals surface area contributed by atoms with E-state index in [1.54, 1.807) is 30.5 Å². The molecule has 0 radical (unpaired) electrons. The maximum atomic E-state index is 13.1. The van der Waals surface area contributed by atoms with E-state index >= 15 is 0 Å². The number of carboxylic acids is 2. The van der Waals surface area contributed by atoms with Gasteiger partial charge in [-0.2, -0.15) is 12.6 Å². The van der Waals surface area contributed by atoms with Gasteiger partial charge in [-0.05, 0) is 18.1 Å². The number of hydrogen-bond donors (Lipinski definition) is 9. The van der Waals surface area contributed by atoms with E-state index in [4.69, 9.17) is 16.6 Å². The molecule has 0 aliphatic carbocycles. The molecule has 4 amide bonds. The van der Waals surface area contributed by atoms with E-state index in [1.807, 2.05) is 0 Å². The number of benzene rings is 1. The number of aromatic amines is 1. The topological polar surface area (TPSA) is 247 Å². The highest BCUT2D eigenvalue weighted by Crippen LogP contribution is 2.19. The van der Waals surface area contributed by atoms with Gasteiger partial charge in [-0.15, -0.1) is 0 Å². The Morgan fingerprint density at radius 3 is 2.13 bits per heavy atom. The molecule has 0 saturated carbocycles. The molecule has 2 rings (SSSR count).